The summed E-state index contributed by atoms with van der Waals surface area (Å²) in [6.07, 6.45) is 9.80. The molecule has 0 aliphatic rings. The number of hydrogen-bond acceptors (Lipinski definition) is 3. The Bertz CT molecular complexity index is 645. The topological polar surface area (TPSA) is 63.6 Å². The third kappa shape index (κ3) is 3.38. The van der Waals surface area contributed by atoms with Crippen molar-refractivity contribution in [2.24, 2.45) is 0 Å². The molecule has 0 bridgehead atoms. The predicted octanol–water partition coefficient (Wildman–Crippen LogP) is 2.62. The first kappa shape index (κ1) is 13.7. The van der Waals surface area contributed by atoms with Gasteiger partial charge in [0.15, 0.2) is 5.78 Å². The van der Waals surface area contributed by atoms with Crippen LogP contribution in [-0.2, 0) is 0 Å². The van der Waals surface area contributed by atoms with E-state index in [0.29, 0.717) is 11.3 Å². The molecule has 102 valence electrons. The number of Topliss-reactive ketones (excluding diaryl/α,β-unsaturated/α-hetero) is 1. The Morgan fingerprint density at radius 2 is 2.15 bits per heavy atom. The van der Waals surface area contributed by atoms with Gasteiger partial charge in [-0.2, -0.15) is 0 Å². The molecule has 3 rings (SSSR count). The van der Waals surface area contributed by atoms with Crippen LogP contribution in [0.1, 0.15) is 17.3 Å². The quantitative estimate of drug-likeness (QED) is 0.729. The van der Waals surface area contributed by atoms with Crippen molar-refractivity contribution in [3.63, 3.8) is 0 Å². The highest BCUT2D eigenvalue weighted by molar-refractivity contribution is 5.94. The zero-order valence-electron chi connectivity index (χ0n) is 10.8. The Kier molecular flexibility index (Phi) is 4.39. The molecule has 0 atom stereocenters. The smallest absolute Gasteiger partial charge is 0.159 e. The number of ketones is 1. The molecule has 0 aliphatic heterocycles. The minimum Gasteiger partial charge on any atom is -0.351 e. The van der Waals surface area contributed by atoms with Gasteiger partial charge in [0.25, 0.3) is 0 Å². The third-order valence-electron chi connectivity index (χ3n) is 2.54. The Morgan fingerprint density at radius 3 is 2.60 bits per heavy atom. The van der Waals surface area contributed by atoms with E-state index in [1.807, 2.05) is 0 Å². The van der Waals surface area contributed by atoms with Crippen molar-refractivity contribution in [1.29, 1.82) is 0 Å². The molecule has 0 aliphatic carbocycles. The van der Waals surface area contributed by atoms with Crippen LogP contribution in [-0.4, -0.2) is 25.3 Å². The minimum atomic E-state index is -0.430. The van der Waals surface area contributed by atoms with E-state index in [0.717, 1.165) is 0 Å². The van der Waals surface area contributed by atoms with Gasteiger partial charge in [0.05, 0.1) is 18.3 Å². The summed E-state index contributed by atoms with van der Waals surface area (Å²) in [6, 6.07) is 4.39. The van der Waals surface area contributed by atoms with E-state index in [-0.39, 0.29) is 5.78 Å². The Hall–Kier alpha value is -2.76. The summed E-state index contributed by atoms with van der Waals surface area (Å²) in [6.45, 7) is 1.41. The fourth-order valence-electron chi connectivity index (χ4n) is 1.55. The molecule has 0 spiro atoms. The first-order valence-electron chi connectivity index (χ1n) is 5.90. The third-order valence-corrected chi connectivity index (χ3v) is 2.54. The molecule has 1 aromatic carbocycles. The molecule has 3 aromatic rings. The Labute approximate surface area is 115 Å². The molecule has 0 saturated heterocycles. The number of H-pyrrole nitrogens is 1. The maximum atomic E-state index is 13.6. The summed E-state index contributed by atoms with van der Waals surface area (Å²) >= 11 is 0. The van der Waals surface area contributed by atoms with Crippen LogP contribution in [0.5, 0.6) is 0 Å². The van der Waals surface area contributed by atoms with Crippen molar-refractivity contribution in [3.8, 4) is 5.69 Å². The molecule has 6 heteroatoms. The molecule has 0 amide bonds. The molecular formula is C14H13FN4O. The lowest BCUT2D eigenvalue weighted by Crippen LogP contribution is -1.98. The van der Waals surface area contributed by atoms with E-state index in [1.165, 1.54) is 19.3 Å². The second kappa shape index (κ2) is 6.42. The maximum absolute atomic E-state index is 13.6. The van der Waals surface area contributed by atoms with Gasteiger partial charge in [0.1, 0.15) is 5.82 Å². The van der Waals surface area contributed by atoms with Crippen LogP contribution in [0, 0.1) is 5.82 Å². The molecule has 0 radical (unpaired) electrons. The zero-order valence-corrected chi connectivity index (χ0v) is 10.8. The highest BCUT2D eigenvalue weighted by Gasteiger charge is 2.07. The normalized spacial score (nSPS) is 9.70. The van der Waals surface area contributed by atoms with Gasteiger partial charge in [-0.25, -0.2) is 14.4 Å². The van der Waals surface area contributed by atoms with E-state index >= 15 is 0 Å². The lowest BCUT2D eigenvalue weighted by molar-refractivity contribution is 0.101. The van der Waals surface area contributed by atoms with Crippen molar-refractivity contribution < 1.29 is 9.18 Å². The highest BCUT2D eigenvalue weighted by atomic mass is 19.1. The fraction of sp³-hybridized carbons (Fsp3) is 0.0714. The molecule has 0 unspecified atom stereocenters. The van der Waals surface area contributed by atoms with Gasteiger partial charge in [-0.15, -0.1) is 0 Å². The van der Waals surface area contributed by atoms with Gasteiger partial charge in [-0.05, 0) is 25.1 Å². The van der Waals surface area contributed by atoms with Gasteiger partial charge in [0, 0.05) is 30.4 Å². The lowest BCUT2D eigenvalue weighted by atomic mass is 10.1. The summed E-state index contributed by atoms with van der Waals surface area (Å²) in [5.74, 6) is -0.577. The largest absolute Gasteiger partial charge is 0.351 e. The van der Waals surface area contributed by atoms with Crippen LogP contribution in [0.4, 0.5) is 4.39 Å². The average Bonchev–Trinajstić information content (AvgIpc) is 3.14. The summed E-state index contributed by atoms with van der Waals surface area (Å²) in [4.78, 5) is 21.3. The van der Waals surface area contributed by atoms with Crippen LogP contribution < -0.4 is 0 Å². The molecule has 2 aromatic heterocycles. The molecule has 0 saturated carbocycles. The number of carbonyl (C=O) groups is 1. The van der Waals surface area contributed by atoms with E-state index in [9.17, 15) is 9.18 Å². The molecule has 1 N–H and O–H groups in total. The standard InChI is InChI=1S/C11H9FN2O.C3H4N2/c1-8(15)9-2-3-11(10(12)6-9)14-5-4-13-7-14;1-2-5-3-4-1/h2-7H,1H3;1-3H,(H,4,5). The fourth-order valence-corrected chi connectivity index (χ4v) is 1.55. The summed E-state index contributed by atoms with van der Waals surface area (Å²) < 4.78 is 15.1. The van der Waals surface area contributed by atoms with Crippen LogP contribution in [0.25, 0.3) is 5.69 Å². The SMILES string of the molecule is CC(=O)c1ccc(-n2ccnc2)c(F)c1.c1c[nH]cn1. The van der Waals surface area contributed by atoms with E-state index in [2.05, 4.69) is 15.0 Å². The Balaban J connectivity index is 0.000000247. The van der Waals surface area contributed by atoms with Crippen molar-refractivity contribution >= 4 is 5.78 Å². The maximum Gasteiger partial charge on any atom is 0.159 e. The monoisotopic (exact) mass is 272 g/mol. The van der Waals surface area contributed by atoms with Gasteiger partial charge in [-0.1, -0.05) is 0 Å². The molecule has 20 heavy (non-hydrogen) atoms. The number of imidazole rings is 2. The second-order valence-corrected chi connectivity index (χ2v) is 3.95. The van der Waals surface area contributed by atoms with E-state index in [1.54, 1.807) is 47.8 Å². The molecular weight excluding hydrogens is 259 g/mol. The highest BCUT2D eigenvalue weighted by Crippen LogP contribution is 2.15. The van der Waals surface area contributed by atoms with E-state index < -0.39 is 5.82 Å². The first-order chi connectivity index (χ1) is 9.68. The molecule has 5 nitrogen and oxygen atoms in total. The number of halogens is 1. The van der Waals surface area contributed by atoms with Crippen LogP contribution in [0.2, 0.25) is 0 Å². The number of aromatic amines is 1. The predicted molar refractivity (Wildman–Crippen MR) is 72.1 cm³/mol. The first-order valence-corrected chi connectivity index (χ1v) is 5.90. The van der Waals surface area contributed by atoms with Gasteiger partial charge < -0.3 is 9.55 Å². The number of carbonyl (C=O) groups excluding carboxylic acids is 1. The number of rotatable bonds is 2. The number of aromatic nitrogens is 4. The van der Waals surface area contributed by atoms with Crippen LogP contribution >= 0.6 is 0 Å². The van der Waals surface area contributed by atoms with Crippen molar-refractivity contribution in [1.82, 2.24) is 19.5 Å². The van der Waals surface area contributed by atoms with Crippen LogP contribution in [0.15, 0.2) is 55.6 Å². The number of nitrogens with one attached hydrogen (secondary N) is 1. The summed E-state index contributed by atoms with van der Waals surface area (Å²) in [5.41, 5.74) is 0.758. The van der Waals surface area contributed by atoms with Gasteiger partial charge >= 0.3 is 0 Å². The zero-order chi connectivity index (χ0) is 14.4. The van der Waals surface area contributed by atoms with Crippen molar-refractivity contribution in [2.45, 2.75) is 6.92 Å². The molecule has 0 fully saturated rings. The summed E-state index contributed by atoms with van der Waals surface area (Å²) in [5, 5.41) is 0. The minimum absolute atomic E-state index is 0.147. The van der Waals surface area contributed by atoms with Crippen molar-refractivity contribution in [2.75, 3.05) is 0 Å². The van der Waals surface area contributed by atoms with Crippen molar-refractivity contribution in [3.05, 3.63) is 67.0 Å². The number of hydrogen-bond donors (Lipinski definition) is 1. The summed E-state index contributed by atoms with van der Waals surface area (Å²) in [7, 11) is 0. The van der Waals surface area contributed by atoms with E-state index in [4.69, 9.17) is 0 Å². The number of nitrogens with zero attached hydrogens (tertiary/aromatic N) is 3. The average molecular weight is 272 g/mol. The van der Waals surface area contributed by atoms with Gasteiger partial charge in [-0.3, -0.25) is 4.79 Å². The molecule has 2 heterocycles. The Morgan fingerprint density at radius 1 is 1.30 bits per heavy atom. The second-order valence-electron chi connectivity index (χ2n) is 3.95. The van der Waals surface area contributed by atoms with Gasteiger partial charge in [0.2, 0.25) is 0 Å². The number of benzene rings is 1. The van der Waals surface area contributed by atoms with Crippen LogP contribution in [0.3, 0.4) is 0 Å². The lowest BCUT2D eigenvalue weighted by Gasteiger charge is -2.04.